The van der Waals surface area contributed by atoms with Crippen LogP contribution in [0.3, 0.4) is 0 Å². The van der Waals surface area contributed by atoms with E-state index in [1.165, 1.54) is 0 Å². The molecule has 0 radical (unpaired) electrons. The predicted molar refractivity (Wildman–Crippen MR) is 81.1 cm³/mol. The van der Waals surface area contributed by atoms with E-state index in [4.69, 9.17) is 9.47 Å². The van der Waals surface area contributed by atoms with Gasteiger partial charge in [-0.25, -0.2) is 9.97 Å². The van der Waals surface area contributed by atoms with Gasteiger partial charge in [0, 0.05) is 23.5 Å². The number of benzene rings is 1. The van der Waals surface area contributed by atoms with Gasteiger partial charge in [-0.2, -0.15) is 0 Å². The topological polar surface area (TPSA) is 60.0 Å². The van der Waals surface area contributed by atoms with Gasteiger partial charge in [0.1, 0.15) is 10.4 Å². The first-order valence-corrected chi connectivity index (χ1v) is 7.16. The molecule has 1 aliphatic rings. The number of hydrogen-bond acceptors (Lipinski definition) is 4. The maximum atomic E-state index is 5.39. The monoisotopic (exact) mass is 343 g/mol. The SMILES string of the molecule is Brc1cc(-c2nc(-c3ccc4c(c3)OCO4)c[nH]2)ccn1. The molecule has 0 saturated carbocycles. The van der Waals surface area contributed by atoms with Gasteiger partial charge in [-0.3, -0.25) is 0 Å². The molecule has 0 saturated heterocycles. The molecule has 1 aliphatic heterocycles. The highest BCUT2D eigenvalue weighted by Gasteiger charge is 2.15. The summed E-state index contributed by atoms with van der Waals surface area (Å²) in [6.07, 6.45) is 3.61. The quantitative estimate of drug-likeness (QED) is 0.721. The zero-order valence-corrected chi connectivity index (χ0v) is 12.4. The van der Waals surface area contributed by atoms with Crippen LogP contribution in [-0.4, -0.2) is 21.7 Å². The van der Waals surface area contributed by atoms with Crippen molar-refractivity contribution >= 4 is 15.9 Å². The van der Waals surface area contributed by atoms with Crippen LogP contribution in [0.4, 0.5) is 0 Å². The van der Waals surface area contributed by atoms with Gasteiger partial charge in [0.15, 0.2) is 11.5 Å². The van der Waals surface area contributed by atoms with Crippen molar-refractivity contribution in [3.8, 4) is 34.1 Å². The average molecular weight is 344 g/mol. The largest absolute Gasteiger partial charge is 0.454 e. The zero-order valence-electron chi connectivity index (χ0n) is 10.8. The van der Waals surface area contributed by atoms with E-state index >= 15 is 0 Å². The number of nitrogens with zero attached hydrogens (tertiary/aromatic N) is 2. The Morgan fingerprint density at radius 3 is 2.86 bits per heavy atom. The smallest absolute Gasteiger partial charge is 0.231 e. The van der Waals surface area contributed by atoms with Crippen LogP contribution < -0.4 is 9.47 Å². The predicted octanol–water partition coefficient (Wildman–Crippen LogP) is 3.63. The van der Waals surface area contributed by atoms with Gasteiger partial charge in [0.05, 0.1) is 5.69 Å². The number of rotatable bonds is 2. The fraction of sp³-hybridized carbons (Fsp3) is 0.0667. The molecule has 1 aromatic carbocycles. The minimum Gasteiger partial charge on any atom is -0.454 e. The lowest BCUT2D eigenvalue weighted by Gasteiger charge is -1.99. The number of ether oxygens (including phenoxy) is 2. The van der Waals surface area contributed by atoms with Crippen LogP contribution in [0.15, 0.2) is 47.3 Å². The van der Waals surface area contributed by atoms with Crippen molar-refractivity contribution in [2.24, 2.45) is 0 Å². The van der Waals surface area contributed by atoms with E-state index < -0.39 is 0 Å². The maximum absolute atomic E-state index is 5.39. The van der Waals surface area contributed by atoms with Gasteiger partial charge < -0.3 is 14.5 Å². The van der Waals surface area contributed by atoms with Crippen molar-refractivity contribution in [3.05, 3.63) is 47.3 Å². The molecule has 2 aromatic heterocycles. The fourth-order valence-corrected chi connectivity index (χ4v) is 2.59. The molecule has 0 amide bonds. The lowest BCUT2D eigenvalue weighted by Crippen LogP contribution is -1.92. The van der Waals surface area contributed by atoms with Crippen LogP contribution in [0.2, 0.25) is 0 Å². The molecular formula is C15H10BrN3O2. The number of fused-ring (bicyclic) bond motifs is 1. The maximum Gasteiger partial charge on any atom is 0.231 e. The molecule has 0 fully saturated rings. The van der Waals surface area contributed by atoms with E-state index in [9.17, 15) is 0 Å². The number of halogens is 1. The highest BCUT2D eigenvalue weighted by molar-refractivity contribution is 9.10. The summed E-state index contributed by atoms with van der Waals surface area (Å²) in [6.45, 7) is 0.273. The highest BCUT2D eigenvalue weighted by atomic mass is 79.9. The lowest BCUT2D eigenvalue weighted by molar-refractivity contribution is 0.174. The van der Waals surface area contributed by atoms with E-state index in [2.05, 4.69) is 30.9 Å². The Bertz CT molecular complexity index is 816. The molecule has 0 bridgehead atoms. The summed E-state index contributed by atoms with van der Waals surface area (Å²) in [5, 5.41) is 0. The Morgan fingerprint density at radius 1 is 1.05 bits per heavy atom. The van der Waals surface area contributed by atoms with E-state index in [1.807, 2.05) is 36.5 Å². The molecule has 3 aromatic rings. The van der Waals surface area contributed by atoms with E-state index in [0.29, 0.717) is 0 Å². The van der Waals surface area contributed by atoms with Crippen molar-refractivity contribution in [1.82, 2.24) is 15.0 Å². The molecule has 0 unspecified atom stereocenters. The zero-order chi connectivity index (χ0) is 14.2. The minimum atomic E-state index is 0.273. The first-order chi connectivity index (χ1) is 10.3. The number of hydrogen-bond donors (Lipinski definition) is 1. The third-order valence-electron chi connectivity index (χ3n) is 3.25. The second kappa shape index (κ2) is 4.89. The van der Waals surface area contributed by atoms with E-state index in [0.717, 1.165) is 38.7 Å². The van der Waals surface area contributed by atoms with Gasteiger partial charge >= 0.3 is 0 Å². The summed E-state index contributed by atoms with van der Waals surface area (Å²) >= 11 is 3.36. The summed E-state index contributed by atoms with van der Waals surface area (Å²) in [7, 11) is 0. The second-order valence-corrected chi connectivity index (χ2v) is 5.38. The standard InChI is InChI=1S/C15H10BrN3O2/c16-14-6-10(3-4-17-14)15-18-7-11(19-15)9-1-2-12-13(5-9)21-8-20-12/h1-7H,8H2,(H,18,19). The van der Waals surface area contributed by atoms with Crippen molar-refractivity contribution in [2.45, 2.75) is 0 Å². The Labute approximate surface area is 129 Å². The van der Waals surface area contributed by atoms with Crippen molar-refractivity contribution in [2.75, 3.05) is 6.79 Å². The van der Waals surface area contributed by atoms with Crippen molar-refractivity contribution in [1.29, 1.82) is 0 Å². The normalized spacial score (nSPS) is 12.6. The van der Waals surface area contributed by atoms with Crippen molar-refractivity contribution in [3.63, 3.8) is 0 Å². The summed E-state index contributed by atoms with van der Waals surface area (Å²) in [5.41, 5.74) is 2.81. The Kier molecular flexibility index (Phi) is 2.89. The van der Waals surface area contributed by atoms with Gasteiger partial charge in [-0.1, -0.05) is 0 Å². The first kappa shape index (κ1) is 12.4. The molecule has 4 rings (SSSR count). The number of imidazole rings is 1. The molecule has 1 N–H and O–H groups in total. The highest BCUT2D eigenvalue weighted by Crippen LogP contribution is 2.35. The number of pyridine rings is 1. The van der Waals surface area contributed by atoms with Crippen LogP contribution >= 0.6 is 15.9 Å². The summed E-state index contributed by atoms with van der Waals surface area (Å²) < 4.78 is 11.5. The summed E-state index contributed by atoms with van der Waals surface area (Å²) in [5.74, 6) is 2.32. The first-order valence-electron chi connectivity index (χ1n) is 6.37. The third kappa shape index (κ3) is 2.27. The molecule has 0 atom stereocenters. The van der Waals surface area contributed by atoms with Crippen LogP contribution in [0.1, 0.15) is 0 Å². The van der Waals surface area contributed by atoms with Crippen LogP contribution in [0.25, 0.3) is 22.6 Å². The average Bonchev–Trinajstić information content (AvgIpc) is 3.15. The second-order valence-electron chi connectivity index (χ2n) is 4.57. The Balaban J connectivity index is 1.71. The van der Waals surface area contributed by atoms with Gasteiger partial charge in [0.2, 0.25) is 6.79 Å². The lowest BCUT2D eigenvalue weighted by atomic mass is 10.1. The molecule has 6 heteroatoms. The molecule has 0 aliphatic carbocycles. The number of nitrogens with one attached hydrogen (secondary N) is 1. The van der Waals surface area contributed by atoms with Gasteiger partial charge in [-0.15, -0.1) is 0 Å². The third-order valence-corrected chi connectivity index (χ3v) is 3.68. The van der Waals surface area contributed by atoms with Crippen molar-refractivity contribution < 1.29 is 9.47 Å². The minimum absolute atomic E-state index is 0.273. The van der Waals surface area contributed by atoms with Crippen LogP contribution in [0, 0.1) is 0 Å². The van der Waals surface area contributed by atoms with Crippen LogP contribution in [0.5, 0.6) is 11.5 Å². The fourth-order valence-electron chi connectivity index (χ4n) is 2.22. The van der Waals surface area contributed by atoms with Gasteiger partial charge in [-0.05, 0) is 46.3 Å². The molecule has 5 nitrogen and oxygen atoms in total. The molecule has 21 heavy (non-hydrogen) atoms. The number of H-pyrrole nitrogens is 1. The molecule has 104 valence electrons. The molecule has 0 spiro atoms. The summed E-state index contributed by atoms with van der Waals surface area (Å²) in [4.78, 5) is 11.9. The Hall–Kier alpha value is -2.34. The number of aromatic nitrogens is 3. The van der Waals surface area contributed by atoms with E-state index in [1.54, 1.807) is 6.20 Å². The van der Waals surface area contributed by atoms with E-state index in [-0.39, 0.29) is 6.79 Å². The molecule has 3 heterocycles. The van der Waals surface area contributed by atoms with Gasteiger partial charge in [0.25, 0.3) is 0 Å². The number of aromatic amines is 1. The Morgan fingerprint density at radius 2 is 1.95 bits per heavy atom. The summed E-state index contributed by atoms with van der Waals surface area (Å²) in [6, 6.07) is 9.63. The van der Waals surface area contributed by atoms with Crippen LogP contribution in [-0.2, 0) is 0 Å². The molecular weight excluding hydrogens is 334 g/mol.